The molecule has 2 aromatic rings. The molecule has 2 rings (SSSR count). The van der Waals surface area contributed by atoms with Gasteiger partial charge in [-0.1, -0.05) is 15.9 Å². The monoisotopic (exact) mass is 366 g/mol. The van der Waals surface area contributed by atoms with Crippen LogP contribution < -0.4 is 5.32 Å². The highest BCUT2D eigenvalue weighted by Crippen LogP contribution is 2.23. The summed E-state index contributed by atoms with van der Waals surface area (Å²) in [6.07, 6.45) is 0. The second-order valence-corrected chi connectivity index (χ2v) is 6.89. The van der Waals surface area contributed by atoms with Gasteiger partial charge in [0.25, 0.3) is 5.91 Å². The fraction of sp³-hybridized carbons (Fsp3) is 0.471. The van der Waals surface area contributed by atoms with Gasteiger partial charge >= 0.3 is 0 Å². The number of nitrogens with zero attached hydrogens (tertiary/aromatic N) is 1. The van der Waals surface area contributed by atoms with Gasteiger partial charge in [-0.3, -0.25) is 9.69 Å². The van der Waals surface area contributed by atoms with E-state index in [1.807, 2.05) is 18.2 Å². The number of hydrogen-bond acceptors (Lipinski definition) is 3. The Morgan fingerprint density at radius 2 is 1.91 bits per heavy atom. The Bertz CT molecular complexity index is 641. The maximum absolute atomic E-state index is 12.2. The van der Waals surface area contributed by atoms with Gasteiger partial charge in [-0.2, -0.15) is 0 Å². The first-order valence-corrected chi connectivity index (χ1v) is 8.41. The highest BCUT2D eigenvalue weighted by molar-refractivity contribution is 9.10. The van der Waals surface area contributed by atoms with Gasteiger partial charge in [0.15, 0.2) is 5.76 Å². The standard InChI is InChI=1S/C17H23BrN2O2/c1-11(2)20(12(3)4)8-7-19-17(21)16-10-13-9-14(18)5-6-15(13)22-16/h5-6,9-12H,7-8H2,1-4H3,(H,19,21). The van der Waals surface area contributed by atoms with E-state index in [-0.39, 0.29) is 5.91 Å². The van der Waals surface area contributed by atoms with Crippen molar-refractivity contribution in [1.82, 2.24) is 10.2 Å². The minimum absolute atomic E-state index is 0.167. The molecule has 22 heavy (non-hydrogen) atoms. The first-order chi connectivity index (χ1) is 10.4. The zero-order valence-electron chi connectivity index (χ0n) is 13.5. The number of halogens is 1. The molecule has 1 N–H and O–H groups in total. The quantitative estimate of drug-likeness (QED) is 0.838. The van der Waals surface area contributed by atoms with Crippen molar-refractivity contribution in [2.75, 3.05) is 13.1 Å². The molecule has 1 aromatic carbocycles. The molecular weight excluding hydrogens is 344 g/mol. The predicted octanol–water partition coefficient (Wildman–Crippen LogP) is 4.04. The number of fused-ring (bicyclic) bond motifs is 1. The summed E-state index contributed by atoms with van der Waals surface area (Å²) in [5.41, 5.74) is 0.722. The van der Waals surface area contributed by atoms with Crippen LogP contribution >= 0.6 is 15.9 Å². The number of nitrogens with one attached hydrogen (secondary N) is 1. The average Bonchev–Trinajstić information content (AvgIpc) is 2.85. The Morgan fingerprint density at radius 1 is 1.23 bits per heavy atom. The average molecular weight is 367 g/mol. The summed E-state index contributed by atoms with van der Waals surface area (Å²) < 4.78 is 6.56. The number of rotatable bonds is 6. The topological polar surface area (TPSA) is 45.5 Å². The molecule has 1 heterocycles. The summed E-state index contributed by atoms with van der Waals surface area (Å²) in [4.78, 5) is 14.5. The SMILES string of the molecule is CC(C)N(CCNC(=O)c1cc2cc(Br)ccc2o1)C(C)C. The normalized spacial score (nSPS) is 11.8. The summed E-state index contributed by atoms with van der Waals surface area (Å²) in [5.74, 6) is 0.188. The van der Waals surface area contributed by atoms with Crippen LogP contribution in [0.2, 0.25) is 0 Å². The number of hydrogen-bond donors (Lipinski definition) is 1. The van der Waals surface area contributed by atoms with E-state index in [1.54, 1.807) is 6.07 Å². The fourth-order valence-electron chi connectivity index (χ4n) is 2.62. The van der Waals surface area contributed by atoms with E-state index >= 15 is 0 Å². The van der Waals surface area contributed by atoms with E-state index < -0.39 is 0 Å². The lowest BCUT2D eigenvalue weighted by molar-refractivity contribution is 0.0914. The van der Waals surface area contributed by atoms with Crippen molar-refractivity contribution in [2.45, 2.75) is 39.8 Å². The van der Waals surface area contributed by atoms with Crippen molar-refractivity contribution in [3.63, 3.8) is 0 Å². The van der Waals surface area contributed by atoms with E-state index in [4.69, 9.17) is 4.42 Å². The molecule has 0 atom stereocenters. The maximum Gasteiger partial charge on any atom is 0.287 e. The van der Waals surface area contributed by atoms with Crippen molar-refractivity contribution in [3.05, 3.63) is 34.5 Å². The lowest BCUT2D eigenvalue weighted by Crippen LogP contribution is -2.42. The van der Waals surface area contributed by atoms with Gasteiger partial charge in [0.2, 0.25) is 0 Å². The van der Waals surface area contributed by atoms with Crippen LogP contribution in [0.15, 0.2) is 33.2 Å². The first kappa shape index (κ1) is 17.0. The van der Waals surface area contributed by atoms with Crippen LogP contribution in [0.5, 0.6) is 0 Å². The molecule has 0 spiro atoms. The van der Waals surface area contributed by atoms with Gasteiger partial charge in [0, 0.05) is 35.0 Å². The van der Waals surface area contributed by atoms with Crippen molar-refractivity contribution >= 4 is 32.8 Å². The molecule has 0 saturated heterocycles. The van der Waals surface area contributed by atoms with Crippen LogP contribution in [0.4, 0.5) is 0 Å². The maximum atomic E-state index is 12.2. The molecule has 0 bridgehead atoms. The molecule has 1 aromatic heterocycles. The third-order valence-corrected chi connectivity index (χ3v) is 4.18. The van der Waals surface area contributed by atoms with Crippen molar-refractivity contribution < 1.29 is 9.21 Å². The molecule has 0 fully saturated rings. The summed E-state index contributed by atoms with van der Waals surface area (Å²) in [6.45, 7) is 10.1. The molecule has 120 valence electrons. The zero-order valence-corrected chi connectivity index (χ0v) is 15.1. The Kier molecular flexibility index (Phi) is 5.64. The van der Waals surface area contributed by atoms with E-state index in [0.717, 1.165) is 22.0 Å². The first-order valence-electron chi connectivity index (χ1n) is 7.61. The van der Waals surface area contributed by atoms with E-state index in [9.17, 15) is 4.79 Å². The molecule has 4 nitrogen and oxygen atoms in total. The Hall–Kier alpha value is -1.33. The molecule has 0 unspecified atom stereocenters. The minimum atomic E-state index is -0.167. The summed E-state index contributed by atoms with van der Waals surface area (Å²) >= 11 is 3.42. The summed E-state index contributed by atoms with van der Waals surface area (Å²) in [7, 11) is 0. The van der Waals surface area contributed by atoms with Crippen LogP contribution in [-0.2, 0) is 0 Å². The largest absolute Gasteiger partial charge is 0.451 e. The van der Waals surface area contributed by atoms with E-state index in [2.05, 4.69) is 53.8 Å². The van der Waals surface area contributed by atoms with Crippen LogP contribution in [0.25, 0.3) is 11.0 Å². The van der Waals surface area contributed by atoms with Crippen LogP contribution in [0, 0.1) is 0 Å². The lowest BCUT2D eigenvalue weighted by atomic mass is 10.2. The lowest BCUT2D eigenvalue weighted by Gasteiger charge is -2.30. The predicted molar refractivity (Wildman–Crippen MR) is 93.2 cm³/mol. The minimum Gasteiger partial charge on any atom is -0.451 e. The van der Waals surface area contributed by atoms with Gasteiger partial charge in [-0.05, 0) is 52.0 Å². The van der Waals surface area contributed by atoms with Crippen LogP contribution in [0.3, 0.4) is 0 Å². The van der Waals surface area contributed by atoms with Gasteiger partial charge < -0.3 is 9.73 Å². The fourth-order valence-corrected chi connectivity index (χ4v) is 3.00. The van der Waals surface area contributed by atoms with E-state index in [0.29, 0.717) is 24.4 Å². The zero-order chi connectivity index (χ0) is 16.3. The third kappa shape index (κ3) is 4.11. The summed E-state index contributed by atoms with van der Waals surface area (Å²) in [6, 6.07) is 8.39. The van der Waals surface area contributed by atoms with Crippen LogP contribution in [0.1, 0.15) is 38.2 Å². The number of benzene rings is 1. The summed E-state index contributed by atoms with van der Waals surface area (Å²) in [5, 5.41) is 3.85. The smallest absolute Gasteiger partial charge is 0.287 e. The third-order valence-electron chi connectivity index (χ3n) is 3.68. The van der Waals surface area contributed by atoms with Gasteiger partial charge in [-0.15, -0.1) is 0 Å². The Balaban J connectivity index is 1.96. The number of carbonyl (C=O) groups excluding carboxylic acids is 1. The number of furan rings is 1. The second-order valence-electron chi connectivity index (χ2n) is 5.97. The highest BCUT2D eigenvalue weighted by Gasteiger charge is 2.15. The second kappa shape index (κ2) is 7.29. The molecule has 5 heteroatoms. The molecule has 0 saturated carbocycles. The number of amides is 1. The number of carbonyl (C=O) groups is 1. The van der Waals surface area contributed by atoms with Crippen molar-refractivity contribution in [3.8, 4) is 0 Å². The van der Waals surface area contributed by atoms with Crippen molar-refractivity contribution in [2.24, 2.45) is 0 Å². The van der Waals surface area contributed by atoms with Gasteiger partial charge in [0.1, 0.15) is 5.58 Å². The molecule has 0 aliphatic carbocycles. The molecular formula is C17H23BrN2O2. The Labute approximate surface area is 140 Å². The van der Waals surface area contributed by atoms with E-state index in [1.165, 1.54) is 0 Å². The van der Waals surface area contributed by atoms with Crippen LogP contribution in [-0.4, -0.2) is 36.0 Å². The molecule has 0 radical (unpaired) electrons. The van der Waals surface area contributed by atoms with Gasteiger partial charge in [-0.25, -0.2) is 0 Å². The Morgan fingerprint density at radius 3 is 2.55 bits per heavy atom. The molecule has 0 aliphatic heterocycles. The highest BCUT2D eigenvalue weighted by atomic mass is 79.9. The molecule has 1 amide bonds. The molecule has 0 aliphatic rings. The van der Waals surface area contributed by atoms with Crippen molar-refractivity contribution in [1.29, 1.82) is 0 Å². The van der Waals surface area contributed by atoms with Gasteiger partial charge in [0.05, 0.1) is 0 Å².